The van der Waals surface area contributed by atoms with E-state index in [4.69, 9.17) is 16.0 Å². The highest BCUT2D eigenvalue weighted by Crippen LogP contribution is 2.38. The van der Waals surface area contributed by atoms with Gasteiger partial charge in [0, 0.05) is 5.56 Å². The van der Waals surface area contributed by atoms with Crippen LogP contribution in [0.1, 0.15) is 35.7 Å². The van der Waals surface area contributed by atoms with E-state index in [0.29, 0.717) is 16.5 Å². The molecule has 0 radical (unpaired) electrons. The molecule has 1 saturated heterocycles. The van der Waals surface area contributed by atoms with Crippen LogP contribution in [0.15, 0.2) is 47.1 Å². The minimum Gasteiger partial charge on any atom is -0.492 e. The van der Waals surface area contributed by atoms with Gasteiger partial charge in [0.25, 0.3) is 0 Å². The molecule has 0 saturated carbocycles. The van der Waals surface area contributed by atoms with E-state index < -0.39 is 0 Å². The highest BCUT2D eigenvalue weighted by Gasteiger charge is 2.35. The summed E-state index contributed by atoms with van der Waals surface area (Å²) < 4.78 is 6.88. The van der Waals surface area contributed by atoms with E-state index in [2.05, 4.69) is 16.1 Å². The summed E-state index contributed by atoms with van der Waals surface area (Å²) in [5.74, 6) is 1.19. The number of hydrogen-bond acceptors (Lipinski definition) is 5. The first-order valence-corrected chi connectivity index (χ1v) is 10.6. The van der Waals surface area contributed by atoms with Gasteiger partial charge in [0.2, 0.25) is 16.7 Å². The normalized spacial score (nSPS) is 16.6. The predicted octanol–water partition coefficient (Wildman–Crippen LogP) is 3.57. The van der Waals surface area contributed by atoms with Crippen LogP contribution in [0, 0.1) is 0 Å². The van der Waals surface area contributed by atoms with Crippen LogP contribution in [0.4, 0.5) is 0 Å². The number of aromatic nitrogens is 3. The average molecular weight is 416 g/mol. The van der Waals surface area contributed by atoms with Gasteiger partial charge >= 0.3 is 0 Å². The Morgan fingerprint density at radius 2 is 1.96 bits per heavy atom. The van der Waals surface area contributed by atoms with E-state index in [1.54, 1.807) is 12.3 Å². The number of rotatable bonds is 4. The van der Waals surface area contributed by atoms with E-state index in [-0.39, 0.29) is 11.9 Å². The van der Waals surface area contributed by atoms with Crippen molar-refractivity contribution in [2.75, 3.05) is 13.1 Å². The standard InChI is InChI=1S/C20H19ClN4O2S/c21-14-8-3-2-7-13(14)16(24-10-4-1-5-11-24)17-19(26)25-20(28-17)22-18(23-25)15-9-6-12-27-15/h2-3,6-9,12,16,26H,1,4-5,10-11H2/p+1/t16-/m0/s1. The van der Waals surface area contributed by atoms with Gasteiger partial charge in [-0.25, -0.2) is 0 Å². The van der Waals surface area contributed by atoms with Crippen molar-refractivity contribution in [1.29, 1.82) is 0 Å². The van der Waals surface area contributed by atoms with Crippen molar-refractivity contribution in [1.82, 2.24) is 14.6 Å². The average Bonchev–Trinajstić information content (AvgIpc) is 3.43. The summed E-state index contributed by atoms with van der Waals surface area (Å²) in [6.45, 7) is 2.11. The molecule has 6 nitrogen and oxygen atoms in total. The molecule has 1 aliphatic heterocycles. The van der Waals surface area contributed by atoms with Crippen LogP contribution in [-0.2, 0) is 0 Å². The molecule has 4 aromatic rings. The summed E-state index contributed by atoms with van der Waals surface area (Å²) in [4.78, 5) is 7.47. The molecule has 1 aliphatic rings. The molecule has 1 aromatic carbocycles. The highest BCUT2D eigenvalue weighted by atomic mass is 35.5. The number of benzene rings is 1. The van der Waals surface area contributed by atoms with Crippen molar-refractivity contribution in [2.24, 2.45) is 0 Å². The molecule has 8 heteroatoms. The molecular weight excluding hydrogens is 396 g/mol. The Morgan fingerprint density at radius 3 is 2.68 bits per heavy atom. The van der Waals surface area contributed by atoms with Crippen LogP contribution in [0.2, 0.25) is 5.02 Å². The second-order valence-electron chi connectivity index (χ2n) is 7.07. The lowest BCUT2D eigenvalue weighted by molar-refractivity contribution is -0.929. The molecule has 1 fully saturated rings. The van der Waals surface area contributed by atoms with E-state index >= 15 is 0 Å². The van der Waals surface area contributed by atoms with E-state index in [0.717, 1.165) is 28.6 Å². The quantitative estimate of drug-likeness (QED) is 0.534. The molecule has 4 heterocycles. The molecule has 0 unspecified atom stereocenters. The Kier molecular flexibility index (Phi) is 4.58. The van der Waals surface area contributed by atoms with Crippen molar-refractivity contribution in [3.63, 3.8) is 0 Å². The van der Waals surface area contributed by atoms with Gasteiger partial charge in [-0.2, -0.15) is 9.50 Å². The lowest BCUT2D eigenvalue weighted by Crippen LogP contribution is -3.13. The molecule has 0 bridgehead atoms. The zero-order valence-corrected chi connectivity index (χ0v) is 16.7. The topological polar surface area (TPSA) is 68.0 Å². The second-order valence-corrected chi connectivity index (χ2v) is 8.49. The SMILES string of the molecule is Oc1c([C@H](c2ccccc2Cl)[NH+]2CCCCC2)sc2nc(-c3ccco3)nn12. The minimum absolute atomic E-state index is 0.0328. The van der Waals surface area contributed by atoms with Crippen LogP contribution in [-0.4, -0.2) is 32.8 Å². The number of piperidine rings is 1. The molecule has 144 valence electrons. The third-order valence-corrected chi connectivity index (χ3v) is 6.75. The lowest BCUT2D eigenvalue weighted by Gasteiger charge is -2.31. The van der Waals surface area contributed by atoms with Crippen LogP contribution in [0.25, 0.3) is 16.5 Å². The van der Waals surface area contributed by atoms with Gasteiger partial charge in [-0.15, -0.1) is 5.10 Å². The number of furan rings is 1. The third kappa shape index (κ3) is 2.99. The largest absolute Gasteiger partial charge is 0.492 e. The monoisotopic (exact) mass is 415 g/mol. The predicted molar refractivity (Wildman–Crippen MR) is 108 cm³/mol. The van der Waals surface area contributed by atoms with Gasteiger partial charge in [-0.1, -0.05) is 41.1 Å². The first-order chi connectivity index (χ1) is 13.7. The van der Waals surface area contributed by atoms with E-state index in [9.17, 15) is 5.11 Å². The first kappa shape index (κ1) is 17.7. The maximum atomic E-state index is 11.0. The van der Waals surface area contributed by atoms with Gasteiger partial charge < -0.3 is 14.4 Å². The van der Waals surface area contributed by atoms with Gasteiger partial charge in [0.15, 0.2) is 11.8 Å². The number of halogens is 1. The van der Waals surface area contributed by atoms with Crippen molar-refractivity contribution < 1.29 is 14.4 Å². The molecule has 28 heavy (non-hydrogen) atoms. The van der Waals surface area contributed by atoms with Crippen molar-refractivity contribution in [3.05, 3.63) is 58.1 Å². The third-order valence-electron chi connectivity index (χ3n) is 5.32. The fourth-order valence-corrected chi connectivity index (χ4v) is 5.38. The molecule has 0 spiro atoms. The van der Waals surface area contributed by atoms with Gasteiger partial charge in [0.05, 0.1) is 24.4 Å². The van der Waals surface area contributed by atoms with Crippen molar-refractivity contribution in [2.45, 2.75) is 25.3 Å². The molecule has 5 rings (SSSR count). The van der Waals surface area contributed by atoms with E-state index in [1.165, 1.54) is 40.0 Å². The molecule has 1 atom stereocenters. The molecular formula is C20H20ClN4O2S+. The Bertz CT molecular complexity index is 1100. The number of hydrogen-bond donors (Lipinski definition) is 2. The van der Waals surface area contributed by atoms with Crippen molar-refractivity contribution in [3.8, 4) is 17.5 Å². The number of likely N-dealkylation sites (tertiary alicyclic amines) is 1. The zero-order valence-electron chi connectivity index (χ0n) is 15.1. The number of thiazole rings is 1. The summed E-state index contributed by atoms with van der Waals surface area (Å²) in [6, 6.07) is 11.5. The lowest BCUT2D eigenvalue weighted by atomic mass is 10.0. The number of fused-ring (bicyclic) bond motifs is 1. The summed E-state index contributed by atoms with van der Waals surface area (Å²) >= 11 is 8.03. The Morgan fingerprint density at radius 1 is 1.14 bits per heavy atom. The van der Waals surface area contributed by atoms with Crippen molar-refractivity contribution >= 4 is 27.9 Å². The number of nitrogens with zero attached hydrogens (tertiary/aromatic N) is 3. The van der Waals surface area contributed by atoms with Gasteiger partial charge in [-0.3, -0.25) is 0 Å². The Hall–Kier alpha value is -2.35. The van der Waals surface area contributed by atoms with Crippen LogP contribution >= 0.6 is 22.9 Å². The first-order valence-electron chi connectivity index (χ1n) is 9.43. The maximum Gasteiger partial charge on any atom is 0.235 e. The highest BCUT2D eigenvalue weighted by molar-refractivity contribution is 7.17. The Labute approximate surface area is 171 Å². The van der Waals surface area contributed by atoms with Gasteiger partial charge in [0.1, 0.15) is 4.88 Å². The van der Waals surface area contributed by atoms with Crippen LogP contribution < -0.4 is 4.90 Å². The Balaban J connectivity index is 1.62. The fraction of sp³-hybridized carbons (Fsp3) is 0.300. The second kappa shape index (κ2) is 7.24. The number of quaternary nitrogens is 1. The minimum atomic E-state index is -0.0328. The number of nitrogens with one attached hydrogen (secondary N) is 1. The molecule has 2 N–H and O–H groups in total. The molecule has 3 aromatic heterocycles. The molecule has 0 aliphatic carbocycles. The number of aromatic hydroxyl groups is 1. The fourth-order valence-electron chi connectivity index (χ4n) is 4.00. The summed E-state index contributed by atoms with van der Waals surface area (Å²) in [7, 11) is 0. The zero-order chi connectivity index (χ0) is 19.1. The summed E-state index contributed by atoms with van der Waals surface area (Å²) in [5, 5.41) is 16.2. The smallest absolute Gasteiger partial charge is 0.235 e. The molecule has 0 amide bonds. The van der Waals surface area contributed by atoms with E-state index in [1.807, 2.05) is 24.3 Å². The summed E-state index contributed by atoms with van der Waals surface area (Å²) in [5.41, 5.74) is 1.03. The van der Waals surface area contributed by atoms with Gasteiger partial charge in [-0.05, 0) is 37.5 Å². The summed E-state index contributed by atoms with van der Waals surface area (Å²) in [6.07, 6.45) is 5.20. The maximum absolute atomic E-state index is 11.0. The van der Waals surface area contributed by atoms with Crippen LogP contribution in [0.3, 0.4) is 0 Å². The van der Waals surface area contributed by atoms with Crippen LogP contribution in [0.5, 0.6) is 5.88 Å².